The second-order valence-electron chi connectivity index (χ2n) is 10.3. The number of benzene rings is 2. The molecular formula is C28H29F3N4O5. The SMILES string of the molecule is CN(CC(=O)OC(C)(C)C1C[C@@H](c2ccc3cc(-c4ccccc4C(F)(F)F)[nH]c(=O)c3c2)C(=O)N1)C(=O)CN. The van der Waals surface area contributed by atoms with Gasteiger partial charge in [-0.1, -0.05) is 30.3 Å². The molecule has 0 bridgehead atoms. The minimum atomic E-state index is -4.60. The molecule has 2 atom stereocenters. The lowest BCUT2D eigenvalue weighted by Gasteiger charge is -2.32. The summed E-state index contributed by atoms with van der Waals surface area (Å²) in [5.41, 5.74) is 3.16. The van der Waals surface area contributed by atoms with Gasteiger partial charge in [-0.25, -0.2) is 0 Å². The molecule has 1 saturated heterocycles. The Bertz CT molecular complexity index is 1530. The van der Waals surface area contributed by atoms with E-state index in [1.54, 1.807) is 32.0 Å². The van der Waals surface area contributed by atoms with Crippen molar-refractivity contribution >= 4 is 28.6 Å². The highest BCUT2D eigenvalue weighted by atomic mass is 19.4. The van der Waals surface area contributed by atoms with E-state index in [9.17, 15) is 32.3 Å². The monoisotopic (exact) mass is 558 g/mol. The van der Waals surface area contributed by atoms with Crippen LogP contribution in [-0.4, -0.2) is 59.4 Å². The zero-order chi connectivity index (χ0) is 29.4. The van der Waals surface area contributed by atoms with Gasteiger partial charge in [0.15, 0.2) is 0 Å². The third kappa shape index (κ3) is 5.86. The second kappa shape index (κ2) is 10.8. The number of ether oxygens (including phenoxy) is 1. The van der Waals surface area contributed by atoms with Crippen LogP contribution in [0.1, 0.15) is 37.3 Å². The number of halogens is 3. The van der Waals surface area contributed by atoms with Gasteiger partial charge < -0.3 is 25.7 Å². The second-order valence-corrected chi connectivity index (χ2v) is 10.3. The van der Waals surface area contributed by atoms with Crippen LogP contribution in [0.5, 0.6) is 0 Å². The highest BCUT2D eigenvalue weighted by Crippen LogP contribution is 2.37. The Morgan fingerprint density at radius 2 is 1.80 bits per heavy atom. The molecule has 1 unspecified atom stereocenters. The normalized spacial score (nSPS) is 17.5. The van der Waals surface area contributed by atoms with Gasteiger partial charge in [-0.2, -0.15) is 13.2 Å². The molecular weight excluding hydrogens is 529 g/mol. The van der Waals surface area contributed by atoms with Crippen LogP contribution in [0.2, 0.25) is 0 Å². The number of alkyl halides is 3. The molecule has 2 amide bonds. The van der Waals surface area contributed by atoms with Gasteiger partial charge in [-0.05, 0) is 49.4 Å². The largest absolute Gasteiger partial charge is 0.456 e. The van der Waals surface area contributed by atoms with E-state index >= 15 is 0 Å². The number of aromatic nitrogens is 1. The molecule has 1 aromatic heterocycles. The molecule has 2 heterocycles. The number of likely N-dealkylation sites (N-methyl/N-ethyl adjacent to an activating group) is 1. The number of pyridine rings is 1. The Morgan fingerprint density at radius 3 is 2.48 bits per heavy atom. The Kier molecular flexibility index (Phi) is 7.75. The first-order chi connectivity index (χ1) is 18.7. The molecule has 212 valence electrons. The lowest BCUT2D eigenvalue weighted by molar-refractivity contribution is -0.162. The lowest BCUT2D eigenvalue weighted by Crippen LogP contribution is -2.49. The third-order valence-corrected chi connectivity index (χ3v) is 7.08. The van der Waals surface area contributed by atoms with Gasteiger partial charge >= 0.3 is 12.1 Å². The predicted molar refractivity (Wildman–Crippen MR) is 141 cm³/mol. The molecule has 4 rings (SSSR count). The highest BCUT2D eigenvalue weighted by molar-refractivity contribution is 5.90. The highest BCUT2D eigenvalue weighted by Gasteiger charge is 2.43. The number of nitrogens with two attached hydrogens (primary N) is 1. The summed E-state index contributed by atoms with van der Waals surface area (Å²) in [6, 6.07) is 10.7. The molecule has 12 heteroatoms. The van der Waals surface area contributed by atoms with E-state index in [2.05, 4.69) is 10.3 Å². The van der Waals surface area contributed by atoms with Crippen LogP contribution < -0.4 is 16.6 Å². The van der Waals surface area contributed by atoms with Gasteiger partial charge in [-0.3, -0.25) is 19.2 Å². The van der Waals surface area contributed by atoms with E-state index < -0.39 is 46.7 Å². The van der Waals surface area contributed by atoms with Crippen LogP contribution in [0, 0.1) is 0 Å². The molecule has 0 spiro atoms. The molecule has 4 N–H and O–H groups in total. The first-order valence-electron chi connectivity index (χ1n) is 12.5. The molecule has 1 aliphatic rings. The molecule has 9 nitrogen and oxygen atoms in total. The van der Waals surface area contributed by atoms with E-state index in [1.807, 2.05) is 0 Å². The number of aromatic amines is 1. The molecule has 1 aliphatic heterocycles. The summed E-state index contributed by atoms with van der Waals surface area (Å²) < 4.78 is 46.1. The number of rotatable bonds is 7. The van der Waals surface area contributed by atoms with Gasteiger partial charge in [0.25, 0.3) is 5.56 Å². The van der Waals surface area contributed by atoms with Crippen molar-refractivity contribution in [1.82, 2.24) is 15.2 Å². The van der Waals surface area contributed by atoms with Crippen molar-refractivity contribution in [2.45, 2.75) is 44.0 Å². The fourth-order valence-corrected chi connectivity index (χ4v) is 4.86. The maximum atomic E-state index is 13.5. The van der Waals surface area contributed by atoms with Crippen molar-refractivity contribution in [3.63, 3.8) is 0 Å². The molecule has 1 fully saturated rings. The van der Waals surface area contributed by atoms with Crippen molar-refractivity contribution in [3.05, 3.63) is 70.0 Å². The smallest absolute Gasteiger partial charge is 0.417 e. The lowest BCUT2D eigenvalue weighted by atomic mass is 9.89. The minimum Gasteiger partial charge on any atom is -0.456 e. The summed E-state index contributed by atoms with van der Waals surface area (Å²) in [4.78, 5) is 53.6. The molecule has 0 aliphatic carbocycles. The van der Waals surface area contributed by atoms with Gasteiger partial charge in [-0.15, -0.1) is 0 Å². The molecule has 3 aromatic rings. The standard InChI is InChI=1S/C28H29F3N4O5/c1-27(2,40-24(37)14-35(3)23(36)13-32)22-12-19(26(39)34-22)15-8-9-16-11-21(33-25(38)18(16)10-15)17-6-4-5-7-20(17)28(29,30)31/h4-11,19,22H,12-14,32H2,1-3H3,(H,33,38)(H,34,39)/t19-,22?/m0/s1. The maximum absolute atomic E-state index is 13.5. The summed E-state index contributed by atoms with van der Waals surface area (Å²) in [7, 11) is 1.43. The van der Waals surface area contributed by atoms with Crippen LogP contribution in [-0.2, 0) is 25.3 Å². The van der Waals surface area contributed by atoms with E-state index in [4.69, 9.17) is 10.5 Å². The number of fused-ring (bicyclic) bond motifs is 1. The number of carbonyl (C=O) groups is 3. The quantitative estimate of drug-likeness (QED) is 0.382. The van der Waals surface area contributed by atoms with Crippen molar-refractivity contribution in [2.75, 3.05) is 20.1 Å². The topological polar surface area (TPSA) is 135 Å². The number of hydrogen-bond donors (Lipinski definition) is 3. The van der Waals surface area contributed by atoms with Crippen LogP contribution in [0.4, 0.5) is 13.2 Å². The van der Waals surface area contributed by atoms with Crippen LogP contribution in [0.25, 0.3) is 22.0 Å². The van der Waals surface area contributed by atoms with Crippen molar-refractivity contribution in [2.24, 2.45) is 5.73 Å². The first-order valence-corrected chi connectivity index (χ1v) is 12.5. The molecule has 0 saturated carbocycles. The number of H-pyrrole nitrogens is 1. The van der Waals surface area contributed by atoms with Gasteiger partial charge in [0.05, 0.1) is 24.1 Å². The number of esters is 1. The zero-order valence-electron chi connectivity index (χ0n) is 22.1. The number of nitrogens with zero attached hydrogens (tertiary/aromatic N) is 1. The Hall–Kier alpha value is -4.19. The van der Waals surface area contributed by atoms with Gasteiger partial charge in [0, 0.05) is 23.7 Å². The minimum absolute atomic E-state index is 0.0271. The summed E-state index contributed by atoms with van der Waals surface area (Å²) in [6.45, 7) is 2.75. The summed E-state index contributed by atoms with van der Waals surface area (Å²) >= 11 is 0. The molecule has 0 radical (unpaired) electrons. The fraction of sp³-hybridized carbons (Fsp3) is 0.357. The van der Waals surface area contributed by atoms with Crippen molar-refractivity contribution in [3.8, 4) is 11.3 Å². The van der Waals surface area contributed by atoms with E-state index in [0.717, 1.165) is 11.0 Å². The van der Waals surface area contributed by atoms with E-state index in [0.29, 0.717) is 10.9 Å². The zero-order valence-corrected chi connectivity index (χ0v) is 22.1. The average Bonchev–Trinajstić information content (AvgIpc) is 3.29. The Morgan fingerprint density at radius 1 is 1.10 bits per heavy atom. The molecule has 2 aromatic carbocycles. The fourth-order valence-electron chi connectivity index (χ4n) is 4.86. The molecule has 40 heavy (non-hydrogen) atoms. The van der Waals surface area contributed by atoms with Crippen LogP contribution in [0.3, 0.4) is 0 Å². The van der Waals surface area contributed by atoms with Crippen molar-refractivity contribution in [1.29, 1.82) is 0 Å². The number of nitrogens with one attached hydrogen (secondary N) is 2. The van der Waals surface area contributed by atoms with Crippen LogP contribution in [0.15, 0.2) is 53.3 Å². The maximum Gasteiger partial charge on any atom is 0.417 e. The van der Waals surface area contributed by atoms with Gasteiger partial charge in [0.1, 0.15) is 12.1 Å². The van der Waals surface area contributed by atoms with Gasteiger partial charge in [0.2, 0.25) is 11.8 Å². The van der Waals surface area contributed by atoms with E-state index in [-0.39, 0.29) is 42.1 Å². The average molecular weight is 559 g/mol. The first kappa shape index (κ1) is 28.8. The predicted octanol–water partition coefficient (Wildman–Crippen LogP) is 2.92. The number of amides is 2. The summed E-state index contributed by atoms with van der Waals surface area (Å²) in [5, 5.41) is 3.48. The van der Waals surface area contributed by atoms with E-state index in [1.165, 1.54) is 31.3 Å². The number of carbonyl (C=O) groups excluding carboxylic acids is 3. The Labute approximate surface area is 227 Å². The number of hydrogen-bond acceptors (Lipinski definition) is 6. The van der Waals surface area contributed by atoms with Crippen LogP contribution >= 0.6 is 0 Å². The Balaban J connectivity index is 1.56. The third-order valence-electron chi connectivity index (χ3n) is 7.08. The summed E-state index contributed by atoms with van der Waals surface area (Å²) in [5.74, 6) is -2.06. The summed E-state index contributed by atoms with van der Waals surface area (Å²) in [6.07, 6.45) is -4.34. The van der Waals surface area contributed by atoms with Crippen molar-refractivity contribution < 1.29 is 32.3 Å².